The first-order valence-corrected chi connectivity index (χ1v) is 12.4. The fourth-order valence-electron chi connectivity index (χ4n) is 4.01. The molecule has 1 heterocycles. The Balaban J connectivity index is 1.48. The Morgan fingerprint density at radius 2 is 1.62 bits per heavy atom. The lowest BCUT2D eigenvalue weighted by atomic mass is 10.2. The number of hydrogen-bond acceptors (Lipinski definition) is 7. The molecule has 10 nitrogen and oxygen atoms in total. The van der Waals surface area contributed by atoms with Gasteiger partial charge in [0.25, 0.3) is 11.5 Å². The third-order valence-electron chi connectivity index (χ3n) is 6.03. The molecule has 3 N–H and O–H groups in total. The van der Waals surface area contributed by atoms with Gasteiger partial charge in [-0.15, -0.1) is 0 Å². The summed E-state index contributed by atoms with van der Waals surface area (Å²) in [6, 6.07) is 21.0. The number of carbonyl (C=O) groups is 2. The van der Waals surface area contributed by atoms with Crippen molar-refractivity contribution in [2.75, 3.05) is 23.8 Å². The summed E-state index contributed by atoms with van der Waals surface area (Å²) in [4.78, 5) is 54.4. The van der Waals surface area contributed by atoms with Crippen LogP contribution in [0.2, 0.25) is 0 Å². The third kappa shape index (κ3) is 6.44. The number of anilines is 2. The number of aromatic nitrogens is 2. The molecule has 1 aromatic heterocycles. The molecule has 206 valence electrons. The maximum atomic E-state index is 13.2. The number of rotatable bonds is 10. The van der Waals surface area contributed by atoms with Gasteiger partial charge in [0.2, 0.25) is 0 Å². The average molecular weight is 547 g/mol. The summed E-state index contributed by atoms with van der Waals surface area (Å²) < 4.78 is 25.3. The number of para-hydroxylation sites is 1. The Labute approximate surface area is 228 Å². The van der Waals surface area contributed by atoms with E-state index in [1.54, 1.807) is 61.5 Å². The molecule has 3 aromatic carbocycles. The number of esters is 1. The monoisotopic (exact) mass is 546 g/mol. The number of hydrogen-bond donors (Lipinski definition) is 2. The van der Waals surface area contributed by atoms with E-state index in [0.29, 0.717) is 5.56 Å². The fraction of sp³-hybridized carbons (Fsp3) is 0.172. The van der Waals surface area contributed by atoms with E-state index in [9.17, 15) is 23.6 Å². The molecular formula is C29H27FN4O6. The number of carbonyl (C=O) groups excluding carboxylic acids is 2. The quantitative estimate of drug-likeness (QED) is 0.292. The summed E-state index contributed by atoms with van der Waals surface area (Å²) in [6.45, 7) is 1.09. The second kappa shape index (κ2) is 12.6. The summed E-state index contributed by atoms with van der Waals surface area (Å²) in [6.07, 6.45) is 0. The normalized spacial score (nSPS) is 10.7. The number of halogens is 1. The Kier molecular flexibility index (Phi) is 8.75. The van der Waals surface area contributed by atoms with E-state index in [2.05, 4.69) is 4.98 Å². The van der Waals surface area contributed by atoms with Crippen LogP contribution in [0.5, 0.6) is 5.75 Å². The Bertz CT molecular complexity index is 1620. The maximum absolute atomic E-state index is 13.2. The first kappa shape index (κ1) is 27.8. The van der Waals surface area contributed by atoms with Crippen molar-refractivity contribution >= 4 is 23.4 Å². The van der Waals surface area contributed by atoms with Crippen molar-refractivity contribution < 1.29 is 23.5 Å². The van der Waals surface area contributed by atoms with Gasteiger partial charge >= 0.3 is 11.7 Å². The van der Waals surface area contributed by atoms with Gasteiger partial charge in [0.05, 0.1) is 6.54 Å². The standard InChI is InChI=1S/C29H27FN4O6/c1-2-33(25-26(31)34(29(38)32-27(25)36)16-19-8-4-3-5-9-19)24(35)18-40-28(37)22-10-6-7-11-23(22)39-17-20-12-14-21(30)15-13-20/h3-15H,2,16-18,31H2,1H3,(H,32,36,38). The van der Waals surface area contributed by atoms with E-state index < -0.39 is 29.7 Å². The van der Waals surface area contributed by atoms with E-state index in [4.69, 9.17) is 15.2 Å². The SMILES string of the molecule is CCN(C(=O)COC(=O)c1ccccc1OCc1ccc(F)cc1)c1c(N)n(Cc2ccccc2)c(=O)[nH]c1=O. The minimum atomic E-state index is -0.840. The lowest BCUT2D eigenvalue weighted by Crippen LogP contribution is -2.42. The predicted octanol–water partition coefficient (Wildman–Crippen LogP) is 3.10. The third-order valence-corrected chi connectivity index (χ3v) is 6.03. The lowest BCUT2D eigenvalue weighted by molar-refractivity contribution is -0.121. The minimum absolute atomic E-state index is 0.0184. The van der Waals surface area contributed by atoms with Gasteiger partial charge in [-0.1, -0.05) is 54.6 Å². The molecule has 11 heteroatoms. The number of nitrogen functional groups attached to an aromatic ring is 1. The summed E-state index contributed by atoms with van der Waals surface area (Å²) in [5.41, 5.74) is 5.96. The van der Waals surface area contributed by atoms with E-state index >= 15 is 0 Å². The van der Waals surface area contributed by atoms with Gasteiger partial charge < -0.3 is 20.1 Å². The van der Waals surface area contributed by atoms with Crippen LogP contribution >= 0.6 is 0 Å². The highest BCUT2D eigenvalue weighted by Crippen LogP contribution is 2.22. The van der Waals surface area contributed by atoms with Gasteiger partial charge in [-0.05, 0) is 42.3 Å². The van der Waals surface area contributed by atoms with Crippen molar-refractivity contribution in [1.29, 1.82) is 0 Å². The number of ether oxygens (including phenoxy) is 2. The fourth-order valence-corrected chi connectivity index (χ4v) is 4.01. The Morgan fingerprint density at radius 3 is 2.33 bits per heavy atom. The van der Waals surface area contributed by atoms with Crippen LogP contribution in [0.1, 0.15) is 28.4 Å². The molecule has 0 saturated carbocycles. The van der Waals surface area contributed by atoms with Crippen LogP contribution in [0, 0.1) is 5.82 Å². The smallest absolute Gasteiger partial charge is 0.342 e. The first-order chi connectivity index (χ1) is 19.3. The molecule has 4 rings (SSSR count). The maximum Gasteiger partial charge on any atom is 0.342 e. The number of H-pyrrole nitrogens is 1. The van der Waals surface area contributed by atoms with Gasteiger partial charge in [0.1, 0.15) is 29.6 Å². The molecule has 0 radical (unpaired) electrons. The van der Waals surface area contributed by atoms with Crippen molar-refractivity contribution in [1.82, 2.24) is 9.55 Å². The first-order valence-electron chi connectivity index (χ1n) is 12.4. The highest BCUT2D eigenvalue weighted by molar-refractivity contribution is 5.99. The van der Waals surface area contributed by atoms with Crippen LogP contribution in [-0.2, 0) is 22.7 Å². The number of nitrogens with two attached hydrogens (primary N) is 1. The van der Waals surface area contributed by atoms with Crippen LogP contribution < -0.4 is 26.6 Å². The van der Waals surface area contributed by atoms with E-state index in [1.165, 1.54) is 18.2 Å². The molecule has 0 bridgehead atoms. The highest BCUT2D eigenvalue weighted by Gasteiger charge is 2.25. The van der Waals surface area contributed by atoms with E-state index in [1.807, 2.05) is 6.07 Å². The molecule has 0 spiro atoms. The minimum Gasteiger partial charge on any atom is -0.488 e. The molecule has 40 heavy (non-hydrogen) atoms. The second-order valence-corrected chi connectivity index (χ2v) is 8.69. The average Bonchev–Trinajstić information content (AvgIpc) is 2.96. The molecule has 1 amide bonds. The van der Waals surface area contributed by atoms with Crippen LogP contribution in [-0.4, -0.2) is 34.6 Å². The zero-order valence-corrected chi connectivity index (χ0v) is 21.6. The summed E-state index contributed by atoms with van der Waals surface area (Å²) >= 11 is 0. The van der Waals surface area contributed by atoms with Crippen LogP contribution in [0.25, 0.3) is 0 Å². The molecular weight excluding hydrogens is 519 g/mol. The van der Waals surface area contributed by atoms with Gasteiger partial charge in [0.15, 0.2) is 12.3 Å². The molecule has 0 aliphatic carbocycles. The van der Waals surface area contributed by atoms with Crippen molar-refractivity contribution in [2.45, 2.75) is 20.1 Å². The molecule has 0 aliphatic rings. The lowest BCUT2D eigenvalue weighted by Gasteiger charge is -2.23. The van der Waals surface area contributed by atoms with Crippen molar-refractivity contribution in [3.05, 3.63) is 122 Å². The molecule has 0 unspecified atom stereocenters. The molecule has 0 saturated heterocycles. The summed E-state index contributed by atoms with van der Waals surface area (Å²) in [7, 11) is 0. The Hall–Kier alpha value is -5.19. The van der Waals surface area contributed by atoms with Gasteiger partial charge in [-0.2, -0.15) is 0 Å². The molecule has 0 atom stereocenters. The zero-order valence-electron chi connectivity index (χ0n) is 21.6. The largest absolute Gasteiger partial charge is 0.488 e. The number of amides is 1. The van der Waals surface area contributed by atoms with Crippen LogP contribution in [0.3, 0.4) is 0 Å². The molecule has 0 fully saturated rings. The summed E-state index contributed by atoms with van der Waals surface area (Å²) in [5.74, 6) is -1.90. The topological polar surface area (TPSA) is 137 Å². The number of nitrogens with one attached hydrogen (secondary N) is 1. The van der Waals surface area contributed by atoms with E-state index in [-0.39, 0.29) is 48.3 Å². The van der Waals surface area contributed by atoms with E-state index in [0.717, 1.165) is 15.0 Å². The van der Waals surface area contributed by atoms with Gasteiger partial charge in [-0.25, -0.2) is 14.0 Å². The van der Waals surface area contributed by atoms with Gasteiger partial charge in [0, 0.05) is 6.54 Å². The second-order valence-electron chi connectivity index (χ2n) is 8.69. The highest BCUT2D eigenvalue weighted by atomic mass is 19.1. The number of nitrogens with zero attached hydrogens (tertiary/aromatic N) is 2. The van der Waals surface area contributed by atoms with Crippen molar-refractivity contribution in [3.8, 4) is 5.75 Å². The number of aromatic amines is 1. The van der Waals surface area contributed by atoms with Crippen molar-refractivity contribution in [3.63, 3.8) is 0 Å². The molecule has 4 aromatic rings. The van der Waals surface area contributed by atoms with Crippen LogP contribution in [0.15, 0.2) is 88.5 Å². The van der Waals surface area contributed by atoms with Crippen molar-refractivity contribution in [2.24, 2.45) is 0 Å². The molecule has 0 aliphatic heterocycles. The van der Waals surface area contributed by atoms with Crippen LogP contribution in [0.4, 0.5) is 15.9 Å². The number of benzene rings is 3. The number of likely N-dealkylation sites (N-methyl/N-ethyl adjacent to an activating group) is 1. The summed E-state index contributed by atoms with van der Waals surface area (Å²) in [5, 5.41) is 0. The zero-order chi connectivity index (χ0) is 28.6. The Morgan fingerprint density at radius 1 is 0.950 bits per heavy atom. The predicted molar refractivity (Wildman–Crippen MR) is 147 cm³/mol. The van der Waals surface area contributed by atoms with Gasteiger partial charge in [-0.3, -0.25) is 19.1 Å².